The van der Waals surface area contributed by atoms with Crippen LogP contribution < -0.4 is 10.1 Å². The van der Waals surface area contributed by atoms with Crippen molar-refractivity contribution in [2.45, 2.75) is 38.2 Å². The molecule has 1 heterocycles. The maximum absolute atomic E-state index is 12.5. The molecule has 3 rings (SSSR count). The van der Waals surface area contributed by atoms with Crippen molar-refractivity contribution in [2.75, 3.05) is 18.5 Å². The highest BCUT2D eigenvalue weighted by Gasteiger charge is 2.31. The quantitative estimate of drug-likeness (QED) is 0.865. The van der Waals surface area contributed by atoms with Gasteiger partial charge in [-0.1, -0.05) is 18.6 Å². The first kappa shape index (κ1) is 16.8. The maximum atomic E-state index is 12.5. The van der Waals surface area contributed by atoms with Crippen LogP contribution in [0, 0.1) is 11.8 Å². The summed E-state index contributed by atoms with van der Waals surface area (Å²) >= 11 is 0. The third kappa shape index (κ3) is 4.06. The molecule has 3 atom stereocenters. The normalized spacial score (nSPS) is 26.8. The minimum absolute atomic E-state index is 0.00845. The molecule has 1 saturated heterocycles. The van der Waals surface area contributed by atoms with Gasteiger partial charge in [0.1, 0.15) is 11.9 Å². The van der Waals surface area contributed by atoms with E-state index < -0.39 is 11.9 Å². The number of carbonyl (C=O) groups excluding carboxylic acids is 1. The van der Waals surface area contributed by atoms with Gasteiger partial charge in [-0.25, -0.2) is 0 Å². The van der Waals surface area contributed by atoms with Gasteiger partial charge >= 0.3 is 5.97 Å². The number of amides is 1. The van der Waals surface area contributed by atoms with Crippen LogP contribution in [-0.2, 0) is 14.3 Å². The molecular formula is C18H23NO5. The predicted molar refractivity (Wildman–Crippen MR) is 88.0 cm³/mol. The first-order valence-corrected chi connectivity index (χ1v) is 8.50. The van der Waals surface area contributed by atoms with Gasteiger partial charge in [0.05, 0.1) is 24.8 Å². The summed E-state index contributed by atoms with van der Waals surface area (Å²) in [6.07, 6.45) is 3.41. The molecule has 1 aromatic rings. The number of hydrogen-bond donors (Lipinski definition) is 2. The van der Waals surface area contributed by atoms with E-state index >= 15 is 0 Å². The summed E-state index contributed by atoms with van der Waals surface area (Å²) in [5, 5.41) is 12.1. The Hall–Kier alpha value is -2.08. The molecule has 0 radical (unpaired) electrons. The second-order valence-corrected chi connectivity index (χ2v) is 6.49. The van der Waals surface area contributed by atoms with Crippen LogP contribution in [0.3, 0.4) is 0 Å². The standard InChI is InChI=1S/C18H23NO5/c20-17(12-4-3-5-13(10-12)18(21)22)19-15-6-1-2-7-16(15)24-14-8-9-23-11-14/h1-2,6-7,12-14H,3-5,8-11H2,(H,19,20)(H,21,22). The fourth-order valence-electron chi connectivity index (χ4n) is 3.35. The van der Waals surface area contributed by atoms with E-state index in [4.69, 9.17) is 14.6 Å². The number of anilines is 1. The number of carboxylic acids is 1. The lowest BCUT2D eigenvalue weighted by Gasteiger charge is -2.26. The van der Waals surface area contributed by atoms with Crippen LogP contribution >= 0.6 is 0 Å². The van der Waals surface area contributed by atoms with Crippen molar-refractivity contribution >= 4 is 17.6 Å². The van der Waals surface area contributed by atoms with E-state index in [9.17, 15) is 9.59 Å². The van der Waals surface area contributed by atoms with Crippen LogP contribution in [-0.4, -0.2) is 36.3 Å². The van der Waals surface area contributed by atoms with Crippen molar-refractivity contribution in [1.29, 1.82) is 0 Å². The number of para-hydroxylation sites is 2. The van der Waals surface area contributed by atoms with E-state index in [1.807, 2.05) is 18.2 Å². The Labute approximate surface area is 141 Å². The maximum Gasteiger partial charge on any atom is 0.306 e. The SMILES string of the molecule is O=C(O)C1CCCC(C(=O)Nc2ccccc2OC2CCOC2)C1. The molecule has 1 aromatic carbocycles. The zero-order valence-corrected chi connectivity index (χ0v) is 13.6. The topological polar surface area (TPSA) is 84.9 Å². The average Bonchev–Trinajstić information content (AvgIpc) is 3.10. The number of rotatable bonds is 5. The first-order chi connectivity index (χ1) is 11.6. The molecule has 1 aliphatic carbocycles. The van der Waals surface area contributed by atoms with Gasteiger partial charge in [-0.3, -0.25) is 9.59 Å². The molecule has 6 nitrogen and oxygen atoms in total. The Morgan fingerprint density at radius 1 is 1.17 bits per heavy atom. The van der Waals surface area contributed by atoms with Gasteiger partial charge in [-0.2, -0.15) is 0 Å². The van der Waals surface area contributed by atoms with E-state index in [2.05, 4.69) is 5.32 Å². The first-order valence-electron chi connectivity index (χ1n) is 8.50. The molecule has 1 amide bonds. The lowest BCUT2D eigenvalue weighted by Crippen LogP contribution is -2.31. The van der Waals surface area contributed by atoms with Gasteiger partial charge in [-0.15, -0.1) is 0 Å². The minimum atomic E-state index is -0.808. The highest BCUT2D eigenvalue weighted by atomic mass is 16.5. The Morgan fingerprint density at radius 2 is 1.96 bits per heavy atom. The molecule has 24 heavy (non-hydrogen) atoms. The lowest BCUT2D eigenvalue weighted by atomic mass is 9.81. The van der Waals surface area contributed by atoms with E-state index in [-0.39, 0.29) is 17.9 Å². The summed E-state index contributed by atoms with van der Waals surface area (Å²) in [7, 11) is 0. The van der Waals surface area contributed by atoms with Gasteiger partial charge in [0.25, 0.3) is 0 Å². The molecule has 2 fully saturated rings. The Kier molecular flexibility index (Phi) is 5.35. The van der Waals surface area contributed by atoms with Crippen LogP contribution in [0.2, 0.25) is 0 Å². The van der Waals surface area contributed by atoms with Gasteiger partial charge in [0.2, 0.25) is 5.91 Å². The largest absolute Gasteiger partial charge is 0.486 e. The van der Waals surface area contributed by atoms with E-state index in [0.29, 0.717) is 37.5 Å². The van der Waals surface area contributed by atoms with Crippen LogP contribution in [0.1, 0.15) is 32.1 Å². The number of aliphatic carboxylic acids is 1. The highest BCUT2D eigenvalue weighted by Crippen LogP contribution is 2.32. The molecule has 0 spiro atoms. The fourth-order valence-corrected chi connectivity index (χ4v) is 3.35. The molecule has 2 N–H and O–H groups in total. The van der Waals surface area contributed by atoms with E-state index in [1.165, 1.54) is 0 Å². The summed E-state index contributed by atoms with van der Waals surface area (Å²) in [5.74, 6) is -0.983. The molecule has 1 saturated carbocycles. The Morgan fingerprint density at radius 3 is 2.71 bits per heavy atom. The minimum Gasteiger partial charge on any atom is -0.486 e. The summed E-state index contributed by atoms with van der Waals surface area (Å²) in [5.41, 5.74) is 0.631. The number of carboxylic acid groups (broad SMARTS) is 1. The molecular weight excluding hydrogens is 310 g/mol. The Bertz CT molecular complexity index is 597. The number of ether oxygens (including phenoxy) is 2. The molecule has 1 aliphatic heterocycles. The second kappa shape index (κ2) is 7.66. The van der Waals surface area contributed by atoms with Crippen LogP contribution in [0.4, 0.5) is 5.69 Å². The van der Waals surface area contributed by atoms with E-state index in [0.717, 1.165) is 19.3 Å². The zero-order chi connectivity index (χ0) is 16.9. The van der Waals surface area contributed by atoms with Gasteiger partial charge in [-0.05, 0) is 31.4 Å². The number of nitrogens with one attached hydrogen (secondary N) is 1. The fraction of sp³-hybridized carbons (Fsp3) is 0.556. The van der Waals surface area contributed by atoms with Gasteiger partial charge in [0, 0.05) is 12.3 Å². The van der Waals surface area contributed by atoms with Crippen molar-refractivity contribution < 1.29 is 24.2 Å². The van der Waals surface area contributed by atoms with Gasteiger partial charge < -0.3 is 19.9 Å². The third-order valence-corrected chi connectivity index (χ3v) is 4.72. The summed E-state index contributed by atoms with van der Waals surface area (Å²) in [6, 6.07) is 7.34. The number of benzene rings is 1. The molecule has 130 valence electrons. The summed E-state index contributed by atoms with van der Waals surface area (Å²) in [6.45, 7) is 1.25. The van der Waals surface area contributed by atoms with Crippen molar-refractivity contribution in [2.24, 2.45) is 11.8 Å². The van der Waals surface area contributed by atoms with Crippen molar-refractivity contribution in [3.8, 4) is 5.75 Å². The molecule has 2 aliphatic rings. The molecule has 3 unspecified atom stereocenters. The lowest BCUT2D eigenvalue weighted by molar-refractivity contribution is -0.143. The van der Waals surface area contributed by atoms with Crippen LogP contribution in [0.5, 0.6) is 5.75 Å². The smallest absolute Gasteiger partial charge is 0.306 e. The number of hydrogen-bond acceptors (Lipinski definition) is 4. The van der Waals surface area contributed by atoms with Crippen molar-refractivity contribution in [1.82, 2.24) is 0 Å². The summed E-state index contributed by atoms with van der Waals surface area (Å²) in [4.78, 5) is 23.7. The van der Waals surface area contributed by atoms with Crippen molar-refractivity contribution in [3.05, 3.63) is 24.3 Å². The highest BCUT2D eigenvalue weighted by molar-refractivity contribution is 5.94. The predicted octanol–water partition coefficient (Wildman–Crippen LogP) is 2.68. The summed E-state index contributed by atoms with van der Waals surface area (Å²) < 4.78 is 11.2. The third-order valence-electron chi connectivity index (χ3n) is 4.72. The average molecular weight is 333 g/mol. The zero-order valence-electron chi connectivity index (χ0n) is 13.6. The van der Waals surface area contributed by atoms with Crippen LogP contribution in [0.15, 0.2) is 24.3 Å². The van der Waals surface area contributed by atoms with Crippen LogP contribution in [0.25, 0.3) is 0 Å². The number of carbonyl (C=O) groups is 2. The molecule has 0 aromatic heterocycles. The molecule has 6 heteroatoms. The van der Waals surface area contributed by atoms with Gasteiger partial charge in [0.15, 0.2) is 0 Å². The molecule has 0 bridgehead atoms. The second-order valence-electron chi connectivity index (χ2n) is 6.49. The monoisotopic (exact) mass is 333 g/mol. The van der Waals surface area contributed by atoms with Crippen molar-refractivity contribution in [3.63, 3.8) is 0 Å². The van der Waals surface area contributed by atoms with E-state index in [1.54, 1.807) is 6.07 Å². The Balaban J connectivity index is 1.64.